The third-order valence-electron chi connectivity index (χ3n) is 6.52. The predicted molar refractivity (Wildman–Crippen MR) is 115 cm³/mol. The summed E-state index contributed by atoms with van der Waals surface area (Å²) in [7, 11) is 0. The minimum Gasteiger partial charge on any atom is -0.206 e. The summed E-state index contributed by atoms with van der Waals surface area (Å²) in [5.74, 6) is -0.917. The van der Waals surface area contributed by atoms with Gasteiger partial charge in [-0.2, -0.15) is 13.2 Å². The first-order valence-electron chi connectivity index (χ1n) is 11.3. The number of benzene rings is 2. The highest BCUT2D eigenvalue weighted by Crippen LogP contribution is 2.40. The molecule has 3 rings (SSSR count). The van der Waals surface area contributed by atoms with Crippen LogP contribution in [0.15, 0.2) is 42.5 Å². The fourth-order valence-electron chi connectivity index (χ4n) is 4.53. The Labute approximate surface area is 177 Å². The first-order valence-corrected chi connectivity index (χ1v) is 11.3. The van der Waals surface area contributed by atoms with E-state index >= 15 is 0 Å². The van der Waals surface area contributed by atoms with Crippen molar-refractivity contribution in [2.45, 2.75) is 77.3 Å². The van der Waals surface area contributed by atoms with E-state index in [1.807, 2.05) is 36.4 Å². The molecule has 1 aliphatic carbocycles. The molecule has 0 heterocycles. The second-order valence-electron chi connectivity index (χ2n) is 8.77. The van der Waals surface area contributed by atoms with E-state index in [-0.39, 0.29) is 18.7 Å². The predicted octanol–water partition coefficient (Wildman–Crippen LogP) is 8.53. The number of unbranched alkanes of at least 4 members (excludes halogenated alkanes) is 2. The first-order chi connectivity index (χ1) is 14.4. The van der Waals surface area contributed by atoms with Gasteiger partial charge in [-0.3, -0.25) is 0 Å². The SMILES string of the molecule is CCCCCc1ccc(-c2ccc(CCC3CCC(C(F)(F)F)CC3)cc2)c(F)c1. The molecule has 0 spiro atoms. The molecule has 0 bridgehead atoms. The third-order valence-corrected chi connectivity index (χ3v) is 6.52. The van der Waals surface area contributed by atoms with Crippen molar-refractivity contribution in [3.63, 3.8) is 0 Å². The molecule has 1 saturated carbocycles. The second kappa shape index (κ2) is 10.5. The Hall–Kier alpha value is -1.84. The van der Waals surface area contributed by atoms with Crippen molar-refractivity contribution in [1.82, 2.24) is 0 Å². The van der Waals surface area contributed by atoms with Gasteiger partial charge in [0, 0.05) is 5.56 Å². The zero-order valence-electron chi connectivity index (χ0n) is 17.8. The number of hydrogen-bond acceptors (Lipinski definition) is 0. The van der Waals surface area contributed by atoms with Crippen LogP contribution >= 0.6 is 0 Å². The van der Waals surface area contributed by atoms with E-state index < -0.39 is 12.1 Å². The van der Waals surface area contributed by atoms with Gasteiger partial charge in [0.05, 0.1) is 5.92 Å². The summed E-state index contributed by atoms with van der Waals surface area (Å²) in [6, 6.07) is 13.5. The lowest BCUT2D eigenvalue weighted by atomic mass is 9.79. The molecule has 2 aromatic rings. The quantitative estimate of drug-likeness (QED) is 0.296. The number of aryl methyl sites for hydroxylation is 2. The van der Waals surface area contributed by atoms with Crippen LogP contribution in [0.4, 0.5) is 17.6 Å². The van der Waals surface area contributed by atoms with Crippen LogP contribution < -0.4 is 0 Å². The van der Waals surface area contributed by atoms with Gasteiger partial charge < -0.3 is 0 Å². The van der Waals surface area contributed by atoms with E-state index in [0.717, 1.165) is 55.2 Å². The molecule has 30 heavy (non-hydrogen) atoms. The maximum Gasteiger partial charge on any atom is 0.391 e. The maximum absolute atomic E-state index is 14.6. The van der Waals surface area contributed by atoms with Crippen molar-refractivity contribution in [1.29, 1.82) is 0 Å². The molecular weight excluding hydrogens is 388 g/mol. The van der Waals surface area contributed by atoms with Gasteiger partial charge in [-0.25, -0.2) is 4.39 Å². The Morgan fingerprint density at radius 1 is 0.833 bits per heavy atom. The normalized spacial score (nSPS) is 19.8. The average molecular weight is 421 g/mol. The molecule has 0 amide bonds. The first kappa shape index (κ1) is 22.8. The van der Waals surface area contributed by atoms with E-state index in [1.54, 1.807) is 6.07 Å². The number of halogens is 4. The van der Waals surface area contributed by atoms with Gasteiger partial charge in [-0.15, -0.1) is 0 Å². The van der Waals surface area contributed by atoms with E-state index in [9.17, 15) is 17.6 Å². The van der Waals surface area contributed by atoms with Crippen LogP contribution in [-0.4, -0.2) is 6.18 Å². The topological polar surface area (TPSA) is 0 Å². The largest absolute Gasteiger partial charge is 0.391 e. The summed E-state index contributed by atoms with van der Waals surface area (Å²) in [6.07, 6.45) is 3.92. The zero-order chi connectivity index (χ0) is 21.6. The Balaban J connectivity index is 1.52. The molecule has 1 fully saturated rings. The molecule has 2 aromatic carbocycles. The van der Waals surface area contributed by atoms with Gasteiger partial charge in [-0.05, 0) is 80.0 Å². The minimum atomic E-state index is -4.04. The second-order valence-corrected chi connectivity index (χ2v) is 8.77. The number of rotatable bonds is 8. The highest BCUT2D eigenvalue weighted by molar-refractivity contribution is 5.64. The molecule has 0 N–H and O–H groups in total. The van der Waals surface area contributed by atoms with Crippen molar-refractivity contribution in [2.24, 2.45) is 11.8 Å². The smallest absolute Gasteiger partial charge is 0.206 e. The van der Waals surface area contributed by atoms with Crippen molar-refractivity contribution in [3.8, 4) is 11.1 Å². The van der Waals surface area contributed by atoms with Crippen molar-refractivity contribution < 1.29 is 17.6 Å². The van der Waals surface area contributed by atoms with Crippen molar-refractivity contribution >= 4 is 0 Å². The van der Waals surface area contributed by atoms with Gasteiger partial charge in [0.25, 0.3) is 0 Å². The van der Waals surface area contributed by atoms with Crippen molar-refractivity contribution in [2.75, 3.05) is 0 Å². The molecule has 0 saturated heterocycles. The van der Waals surface area contributed by atoms with E-state index in [1.165, 1.54) is 0 Å². The van der Waals surface area contributed by atoms with Crippen LogP contribution in [0.5, 0.6) is 0 Å². The molecule has 1 aliphatic rings. The molecule has 4 heteroatoms. The Kier molecular flexibility index (Phi) is 7.96. The lowest BCUT2D eigenvalue weighted by Crippen LogP contribution is -2.27. The van der Waals surface area contributed by atoms with Gasteiger partial charge in [0.2, 0.25) is 0 Å². The van der Waals surface area contributed by atoms with Crippen LogP contribution in [0.1, 0.15) is 69.4 Å². The summed E-state index contributed by atoms with van der Waals surface area (Å²) >= 11 is 0. The minimum absolute atomic E-state index is 0.182. The van der Waals surface area contributed by atoms with Gasteiger partial charge in [0.15, 0.2) is 0 Å². The molecule has 0 aliphatic heterocycles. The highest BCUT2D eigenvalue weighted by atomic mass is 19.4. The van der Waals surface area contributed by atoms with E-state index in [0.29, 0.717) is 24.3 Å². The van der Waals surface area contributed by atoms with Crippen LogP contribution in [0, 0.1) is 17.7 Å². The van der Waals surface area contributed by atoms with Gasteiger partial charge >= 0.3 is 6.18 Å². The molecular formula is C26H32F4. The molecule has 0 aromatic heterocycles. The van der Waals surface area contributed by atoms with Gasteiger partial charge in [-0.1, -0.05) is 56.2 Å². The molecule has 0 atom stereocenters. The maximum atomic E-state index is 14.6. The molecule has 164 valence electrons. The number of hydrogen-bond donors (Lipinski definition) is 0. The summed E-state index contributed by atoms with van der Waals surface area (Å²) in [6.45, 7) is 2.16. The molecule has 0 radical (unpaired) electrons. The average Bonchev–Trinajstić information content (AvgIpc) is 2.73. The molecule has 0 nitrogen and oxygen atoms in total. The standard InChI is InChI=1S/C26H32F4/c1-2-3-4-5-21-12-17-24(25(27)18-21)22-13-8-19(9-14-22)6-7-20-10-15-23(16-11-20)26(28,29)30/h8-9,12-14,17-18,20,23H,2-7,10-11,15-16H2,1H3. The van der Waals surface area contributed by atoms with Gasteiger partial charge in [0.1, 0.15) is 5.82 Å². The van der Waals surface area contributed by atoms with Crippen LogP contribution in [0.2, 0.25) is 0 Å². The lowest BCUT2D eigenvalue weighted by molar-refractivity contribution is -0.184. The van der Waals surface area contributed by atoms with E-state index in [2.05, 4.69) is 6.92 Å². The fourth-order valence-corrected chi connectivity index (χ4v) is 4.53. The third kappa shape index (κ3) is 6.33. The highest BCUT2D eigenvalue weighted by Gasteiger charge is 2.41. The summed E-state index contributed by atoms with van der Waals surface area (Å²) in [4.78, 5) is 0. The molecule has 0 unspecified atom stereocenters. The Morgan fingerprint density at radius 2 is 1.50 bits per heavy atom. The Bertz CT molecular complexity index is 784. The summed E-state index contributed by atoms with van der Waals surface area (Å²) in [5, 5.41) is 0. The zero-order valence-corrected chi connectivity index (χ0v) is 17.8. The number of alkyl halides is 3. The summed E-state index contributed by atoms with van der Waals surface area (Å²) in [5.41, 5.74) is 3.68. The Morgan fingerprint density at radius 3 is 2.10 bits per heavy atom. The van der Waals surface area contributed by atoms with Crippen molar-refractivity contribution in [3.05, 3.63) is 59.4 Å². The van der Waals surface area contributed by atoms with Crippen LogP contribution in [0.3, 0.4) is 0 Å². The van der Waals surface area contributed by atoms with Crippen LogP contribution in [-0.2, 0) is 12.8 Å². The van der Waals surface area contributed by atoms with Crippen LogP contribution in [0.25, 0.3) is 11.1 Å². The van der Waals surface area contributed by atoms with E-state index in [4.69, 9.17) is 0 Å². The summed E-state index contributed by atoms with van der Waals surface area (Å²) < 4.78 is 52.9. The fraction of sp³-hybridized carbons (Fsp3) is 0.538. The lowest BCUT2D eigenvalue weighted by Gasteiger charge is -2.29. The monoisotopic (exact) mass is 420 g/mol.